The molecule has 178 valence electrons. The topological polar surface area (TPSA) is 172 Å². The molecule has 0 spiro atoms. The molecule has 1 atom stereocenters. The molecule has 33 heavy (non-hydrogen) atoms. The van der Waals surface area contributed by atoms with Crippen LogP contribution in [-0.2, 0) is 17.9 Å². The summed E-state index contributed by atoms with van der Waals surface area (Å²) in [4.78, 5) is 32.8. The summed E-state index contributed by atoms with van der Waals surface area (Å²) in [5, 5.41) is 27.8. The summed E-state index contributed by atoms with van der Waals surface area (Å²) in [6, 6.07) is 6.30. The van der Waals surface area contributed by atoms with Gasteiger partial charge in [0.1, 0.15) is 24.0 Å². The van der Waals surface area contributed by atoms with Crippen LogP contribution in [0.5, 0.6) is 0 Å². The lowest BCUT2D eigenvalue weighted by Crippen LogP contribution is -2.39. The monoisotopic (exact) mass is 456 g/mol. The van der Waals surface area contributed by atoms with Gasteiger partial charge in [-0.05, 0) is 49.8 Å². The summed E-state index contributed by atoms with van der Waals surface area (Å²) in [6.07, 6.45) is 2.72. The average Bonchev–Trinajstić information content (AvgIpc) is 3.29. The lowest BCUT2D eigenvalue weighted by molar-refractivity contribution is -0.0980. The number of nitrogens with zero attached hydrogens (tertiary/aromatic N) is 4. The molecule has 0 saturated heterocycles. The average molecular weight is 457 g/mol. The number of rotatable bonds is 7. The molecule has 1 unspecified atom stereocenters. The van der Waals surface area contributed by atoms with Gasteiger partial charge in [-0.2, -0.15) is 0 Å². The number of pyridine rings is 2. The Kier molecular flexibility index (Phi) is 11.5. The van der Waals surface area contributed by atoms with E-state index >= 15 is 0 Å². The Morgan fingerprint density at radius 1 is 1.33 bits per heavy atom. The van der Waals surface area contributed by atoms with Crippen LogP contribution in [0.3, 0.4) is 0 Å². The third-order valence-corrected chi connectivity index (χ3v) is 4.92. The van der Waals surface area contributed by atoms with E-state index in [4.69, 9.17) is 15.6 Å². The highest BCUT2D eigenvalue weighted by Gasteiger charge is 2.21. The standard InChI is InChI=1S/C20H25N7O2.CH5N.CH2O/c1-3-26-9-14-7-17(23-8-15(14)10-26)20(29)25-18-6-4-5-16(24-18)19(22)27(12-21)13(2)11-28;2*1-2/h4-8,12-13,21-22,28H,3,9-11H2,1-2H3,(H,24,25,29);2H2,1H3;1H2. The third-order valence-electron chi connectivity index (χ3n) is 4.92. The van der Waals surface area contributed by atoms with Crippen molar-refractivity contribution in [3.63, 3.8) is 0 Å². The Bertz CT molecular complexity index is 953. The zero-order valence-corrected chi connectivity index (χ0v) is 19.2. The molecule has 0 saturated carbocycles. The van der Waals surface area contributed by atoms with Crippen molar-refractivity contribution in [2.24, 2.45) is 5.73 Å². The van der Waals surface area contributed by atoms with Gasteiger partial charge in [-0.3, -0.25) is 25.5 Å². The number of fused-ring (bicyclic) bond motifs is 1. The van der Waals surface area contributed by atoms with Crippen molar-refractivity contribution < 1.29 is 14.7 Å². The maximum absolute atomic E-state index is 12.6. The van der Waals surface area contributed by atoms with E-state index in [2.05, 4.69) is 32.8 Å². The van der Waals surface area contributed by atoms with Gasteiger partial charge in [0.2, 0.25) is 0 Å². The van der Waals surface area contributed by atoms with E-state index in [0.717, 1.165) is 37.1 Å². The third kappa shape index (κ3) is 6.97. The zero-order valence-electron chi connectivity index (χ0n) is 19.2. The van der Waals surface area contributed by atoms with Crippen molar-refractivity contribution in [2.75, 3.05) is 25.5 Å². The number of aromatic nitrogens is 2. The molecule has 3 rings (SSSR count). The van der Waals surface area contributed by atoms with Gasteiger partial charge in [0.05, 0.1) is 19.0 Å². The molecule has 11 heteroatoms. The lowest BCUT2D eigenvalue weighted by Gasteiger charge is -2.25. The van der Waals surface area contributed by atoms with E-state index in [-0.39, 0.29) is 29.9 Å². The Balaban J connectivity index is 0.00000129. The van der Waals surface area contributed by atoms with Crippen molar-refractivity contribution in [2.45, 2.75) is 33.0 Å². The molecule has 6 N–H and O–H groups in total. The summed E-state index contributed by atoms with van der Waals surface area (Å²) in [6.45, 7) is 8.20. The van der Waals surface area contributed by atoms with E-state index in [9.17, 15) is 9.90 Å². The Labute approximate surface area is 193 Å². The fraction of sp³-hybridized carbons (Fsp3) is 0.364. The van der Waals surface area contributed by atoms with Crippen molar-refractivity contribution in [1.29, 1.82) is 10.8 Å². The maximum Gasteiger partial charge on any atom is 0.275 e. The van der Waals surface area contributed by atoms with Gasteiger partial charge in [-0.15, -0.1) is 0 Å². The second-order valence-corrected chi connectivity index (χ2v) is 6.92. The quantitative estimate of drug-likeness (QED) is 0.304. The van der Waals surface area contributed by atoms with E-state index in [1.54, 1.807) is 31.3 Å². The van der Waals surface area contributed by atoms with Crippen molar-refractivity contribution in [3.05, 3.63) is 53.0 Å². The minimum Gasteiger partial charge on any atom is -0.394 e. The highest BCUT2D eigenvalue weighted by molar-refractivity contribution is 6.04. The van der Waals surface area contributed by atoms with E-state index in [1.807, 2.05) is 12.9 Å². The van der Waals surface area contributed by atoms with Gasteiger partial charge in [0.25, 0.3) is 5.91 Å². The predicted molar refractivity (Wildman–Crippen MR) is 127 cm³/mol. The van der Waals surface area contributed by atoms with Crippen LogP contribution in [0.4, 0.5) is 5.82 Å². The molecule has 0 aromatic carbocycles. The van der Waals surface area contributed by atoms with Crippen LogP contribution < -0.4 is 11.1 Å². The normalized spacial score (nSPS) is 12.8. The smallest absolute Gasteiger partial charge is 0.275 e. The molecule has 2 aromatic heterocycles. The number of amidine groups is 1. The number of hydrogen-bond donors (Lipinski definition) is 5. The second kappa shape index (κ2) is 13.8. The maximum atomic E-state index is 12.6. The fourth-order valence-corrected chi connectivity index (χ4v) is 3.15. The van der Waals surface area contributed by atoms with Crippen LogP contribution in [0.1, 0.15) is 41.2 Å². The molecule has 1 aliphatic heterocycles. The second-order valence-electron chi connectivity index (χ2n) is 6.92. The summed E-state index contributed by atoms with van der Waals surface area (Å²) < 4.78 is 0. The summed E-state index contributed by atoms with van der Waals surface area (Å²) in [7, 11) is 1.50. The van der Waals surface area contributed by atoms with E-state index in [0.29, 0.717) is 5.69 Å². The molecule has 1 amide bonds. The predicted octanol–water partition coefficient (Wildman–Crippen LogP) is 1.07. The molecular weight excluding hydrogens is 424 g/mol. The SMILES string of the molecule is C=O.CCN1Cc2cnc(C(=O)Nc3cccc(C(=N)N(C=N)C(C)CO)n3)cc2C1.CN. The van der Waals surface area contributed by atoms with E-state index in [1.165, 1.54) is 11.9 Å². The summed E-state index contributed by atoms with van der Waals surface area (Å²) >= 11 is 0. The molecule has 0 radical (unpaired) electrons. The molecule has 2 aromatic rings. The first-order valence-corrected chi connectivity index (χ1v) is 10.3. The fourth-order valence-electron chi connectivity index (χ4n) is 3.15. The summed E-state index contributed by atoms with van der Waals surface area (Å²) in [5.74, 6) is -0.115. The number of carbonyl (C=O) groups is 2. The molecule has 0 bridgehead atoms. The van der Waals surface area contributed by atoms with Crippen LogP contribution in [0.2, 0.25) is 0 Å². The Hall–Kier alpha value is -3.54. The molecule has 0 aliphatic carbocycles. The number of anilines is 1. The van der Waals surface area contributed by atoms with Gasteiger partial charge < -0.3 is 25.9 Å². The van der Waals surface area contributed by atoms with Gasteiger partial charge in [-0.1, -0.05) is 13.0 Å². The number of amides is 1. The van der Waals surface area contributed by atoms with Crippen LogP contribution in [-0.4, -0.2) is 76.0 Å². The first kappa shape index (κ1) is 27.5. The first-order valence-electron chi connectivity index (χ1n) is 10.3. The Morgan fingerprint density at radius 2 is 2.00 bits per heavy atom. The molecule has 3 heterocycles. The molecule has 0 fully saturated rings. The number of nitrogens with two attached hydrogens (primary N) is 1. The Morgan fingerprint density at radius 3 is 2.61 bits per heavy atom. The number of aliphatic hydroxyl groups excluding tert-OH is 1. The van der Waals surface area contributed by atoms with Crippen molar-refractivity contribution in [3.8, 4) is 0 Å². The van der Waals surface area contributed by atoms with Crippen LogP contribution in [0.25, 0.3) is 0 Å². The molecule has 11 nitrogen and oxygen atoms in total. The van der Waals surface area contributed by atoms with Gasteiger partial charge in [0, 0.05) is 19.3 Å². The van der Waals surface area contributed by atoms with Crippen molar-refractivity contribution >= 4 is 30.7 Å². The van der Waals surface area contributed by atoms with Crippen LogP contribution in [0, 0.1) is 10.8 Å². The highest BCUT2D eigenvalue weighted by Crippen LogP contribution is 2.22. The number of aliphatic hydroxyl groups is 1. The van der Waals surface area contributed by atoms with Crippen molar-refractivity contribution in [1.82, 2.24) is 19.8 Å². The highest BCUT2D eigenvalue weighted by atomic mass is 16.3. The van der Waals surface area contributed by atoms with Gasteiger partial charge in [-0.25, -0.2) is 4.98 Å². The van der Waals surface area contributed by atoms with E-state index < -0.39 is 6.04 Å². The molecular formula is C22H32N8O3. The van der Waals surface area contributed by atoms with Crippen LogP contribution in [0.15, 0.2) is 30.5 Å². The molecule has 1 aliphatic rings. The van der Waals surface area contributed by atoms with Crippen LogP contribution >= 0.6 is 0 Å². The number of hydrogen-bond acceptors (Lipinski definition) is 9. The van der Waals surface area contributed by atoms with Gasteiger partial charge >= 0.3 is 0 Å². The van der Waals surface area contributed by atoms with Gasteiger partial charge in [0.15, 0.2) is 5.84 Å². The zero-order chi connectivity index (χ0) is 25.0. The largest absolute Gasteiger partial charge is 0.394 e. The number of nitrogens with one attached hydrogen (secondary N) is 3. The first-order chi connectivity index (χ1) is 16.0. The minimum atomic E-state index is -0.432. The minimum absolute atomic E-state index is 0.0343. The summed E-state index contributed by atoms with van der Waals surface area (Å²) in [5.41, 5.74) is 7.35. The number of carbonyl (C=O) groups excluding carboxylic acids is 2. The lowest BCUT2D eigenvalue weighted by atomic mass is 10.1.